The second-order valence-corrected chi connectivity index (χ2v) is 13.3. The lowest BCUT2D eigenvalue weighted by molar-refractivity contribution is -0.132. The van der Waals surface area contributed by atoms with Gasteiger partial charge in [0.1, 0.15) is 12.2 Å². The van der Waals surface area contributed by atoms with E-state index in [1.807, 2.05) is 0 Å². The van der Waals surface area contributed by atoms with Gasteiger partial charge in [-0.2, -0.15) is 0 Å². The van der Waals surface area contributed by atoms with Gasteiger partial charge in [0, 0.05) is 0 Å². The van der Waals surface area contributed by atoms with Gasteiger partial charge in [0.25, 0.3) is 0 Å². The third kappa shape index (κ3) is 28.7. The fraction of sp³-hybridized carbons (Fsp3) is 0.872. The fourth-order valence-corrected chi connectivity index (χ4v) is 5.78. The molecular formula is C39H75NO5. The molecule has 0 rings (SSSR count). The Labute approximate surface area is 278 Å². The van der Waals surface area contributed by atoms with Gasteiger partial charge in [-0.25, -0.2) is 0 Å². The first kappa shape index (κ1) is 43.8. The van der Waals surface area contributed by atoms with Crippen LogP contribution >= 0.6 is 0 Å². The zero-order chi connectivity index (χ0) is 33.2. The zero-order valence-corrected chi connectivity index (χ0v) is 29.6. The summed E-state index contributed by atoms with van der Waals surface area (Å²) in [6.45, 7) is 3.94. The predicted molar refractivity (Wildman–Crippen MR) is 191 cm³/mol. The Hall–Kier alpha value is -1.21. The number of carbonyl (C=O) groups excluding carboxylic acids is 1. The van der Waals surface area contributed by atoms with Crippen LogP contribution in [0.5, 0.6) is 0 Å². The van der Waals surface area contributed by atoms with Crippen LogP contribution in [-0.4, -0.2) is 57.3 Å². The van der Waals surface area contributed by atoms with E-state index in [2.05, 4.69) is 43.5 Å². The van der Waals surface area contributed by atoms with Crippen molar-refractivity contribution in [3.05, 3.63) is 24.3 Å². The number of aliphatic hydroxyl groups is 4. The van der Waals surface area contributed by atoms with Gasteiger partial charge in [-0.1, -0.05) is 167 Å². The van der Waals surface area contributed by atoms with Crippen LogP contribution < -0.4 is 5.32 Å². The van der Waals surface area contributed by atoms with E-state index in [0.29, 0.717) is 19.3 Å². The molecule has 0 aliphatic heterocycles. The molecule has 6 heteroatoms. The van der Waals surface area contributed by atoms with Crippen molar-refractivity contribution in [2.45, 2.75) is 212 Å². The summed E-state index contributed by atoms with van der Waals surface area (Å²) in [7, 11) is 0. The molecule has 0 aliphatic carbocycles. The van der Waals surface area contributed by atoms with E-state index in [9.17, 15) is 25.2 Å². The molecule has 0 radical (unpaired) electrons. The Morgan fingerprint density at radius 1 is 0.533 bits per heavy atom. The van der Waals surface area contributed by atoms with Crippen LogP contribution in [0.4, 0.5) is 0 Å². The Kier molecular flexibility index (Phi) is 33.2. The van der Waals surface area contributed by atoms with Crippen LogP contribution in [0.2, 0.25) is 0 Å². The summed E-state index contributed by atoms with van der Waals surface area (Å²) < 4.78 is 0. The molecule has 0 aromatic heterocycles. The minimum Gasteiger partial charge on any atom is -0.394 e. The molecule has 0 aliphatic rings. The maximum absolute atomic E-state index is 12.4. The molecule has 0 spiro atoms. The Bertz CT molecular complexity index is 682. The van der Waals surface area contributed by atoms with Crippen LogP contribution in [0, 0.1) is 0 Å². The predicted octanol–water partition coefficient (Wildman–Crippen LogP) is 9.23. The molecule has 0 aromatic carbocycles. The molecule has 266 valence electrons. The summed E-state index contributed by atoms with van der Waals surface area (Å²) in [5.41, 5.74) is 0. The Morgan fingerprint density at radius 3 is 1.40 bits per heavy atom. The van der Waals surface area contributed by atoms with Crippen molar-refractivity contribution in [3.63, 3.8) is 0 Å². The zero-order valence-electron chi connectivity index (χ0n) is 29.6. The highest BCUT2D eigenvalue weighted by molar-refractivity contribution is 5.80. The number of allylic oxidation sites excluding steroid dienone is 4. The summed E-state index contributed by atoms with van der Waals surface area (Å²) in [5, 5.41) is 43.3. The number of nitrogens with one attached hydrogen (secondary N) is 1. The maximum Gasteiger partial charge on any atom is 0.249 e. The molecule has 4 unspecified atom stereocenters. The lowest BCUT2D eigenvalue weighted by Gasteiger charge is -2.27. The van der Waals surface area contributed by atoms with Crippen molar-refractivity contribution < 1.29 is 25.2 Å². The fourth-order valence-electron chi connectivity index (χ4n) is 5.78. The van der Waals surface area contributed by atoms with E-state index in [1.165, 1.54) is 109 Å². The number of carbonyl (C=O) groups is 1. The highest BCUT2D eigenvalue weighted by Gasteiger charge is 2.28. The molecule has 4 atom stereocenters. The van der Waals surface area contributed by atoms with Crippen LogP contribution in [0.1, 0.15) is 187 Å². The maximum atomic E-state index is 12.4. The average Bonchev–Trinajstić information content (AvgIpc) is 3.04. The van der Waals surface area contributed by atoms with Crippen molar-refractivity contribution in [1.82, 2.24) is 5.32 Å². The second kappa shape index (κ2) is 34.1. The standard InChI is InChI=1S/C39H75NO5/c1-3-5-7-9-11-13-15-16-17-18-19-20-21-22-23-25-27-29-31-33-37(43)39(45)40-35(34-41)38(44)36(42)32-30-28-26-24-14-12-10-8-6-4-2/h8,10,24,26,35-38,41-44H,3-7,9,11-23,25,27-34H2,1-2H3,(H,40,45)/b10-8+,26-24+. The van der Waals surface area contributed by atoms with Crippen molar-refractivity contribution in [2.75, 3.05) is 6.61 Å². The highest BCUT2D eigenvalue weighted by atomic mass is 16.3. The third-order valence-electron chi connectivity index (χ3n) is 8.87. The first-order chi connectivity index (χ1) is 22.0. The Morgan fingerprint density at radius 2 is 0.956 bits per heavy atom. The van der Waals surface area contributed by atoms with E-state index in [4.69, 9.17) is 0 Å². The summed E-state index contributed by atoms with van der Waals surface area (Å²) in [6.07, 6.45) is 36.4. The number of amides is 1. The molecule has 0 fully saturated rings. The molecule has 6 nitrogen and oxygen atoms in total. The molecule has 0 bridgehead atoms. The van der Waals surface area contributed by atoms with Crippen LogP contribution in [0.15, 0.2) is 24.3 Å². The molecule has 45 heavy (non-hydrogen) atoms. The summed E-state index contributed by atoms with van der Waals surface area (Å²) in [4.78, 5) is 12.4. The van der Waals surface area contributed by atoms with E-state index < -0.39 is 36.9 Å². The monoisotopic (exact) mass is 638 g/mol. The molecule has 0 saturated heterocycles. The number of unbranched alkanes of at least 4 members (excludes halogenated alkanes) is 21. The van der Waals surface area contributed by atoms with Gasteiger partial charge in [-0.3, -0.25) is 4.79 Å². The Balaban J connectivity index is 3.76. The van der Waals surface area contributed by atoms with Crippen molar-refractivity contribution >= 4 is 5.91 Å². The van der Waals surface area contributed by atoms with Crippen LogP contribution in [0.25, 0.3) is 0 Å². The average molecular weight is 638 g/mol. The van der Waals surface area contributed by atoms with Crippen molar-refractivity contribution in [1.29, 1.82) is 0 Å². The minimum atomic E-state index is -1.28. The lowest BCUT2D eigenvalue weighted by atomic mass is 10.00. The number of aliphatic hydroxyl groups excluding tert-OH is 4. The molecular weight excluding hydrogens is 562 g/mol. The van der Waals surface area contributed by atoms with Crippen molar-refractivity contribution in [2.24, 2.45) is 0 Å². The van der Waals surface area contributed by atoms with Gasteiger partial charge in [0.15, 0.2) is 0 Å². The van der Waals surface area contributed by atoms with E-state index >= 15 is 0 Å². The van der Waals surface area contributed by atoms with Crippen LogP contribution in [0.3, 0.4) is 0 Å². The minimum absolute atomic E-state index is 0.363. The van der Waals surface area contributed by atoms with Gasteiger partial charge >= 0.3 is 0 Å². The number of hydrogen-bond donors (Lipinski definition) is 5. The van der Waals surface area contributed by atoms with Crippen LogP contribution in [-0.2, 0) is 4.79 Å². The molecule has 1 amide bonds. The third-order valence-corrected chi connectivity index (χ3v) is 8.87. The smallest absolute Gasteiger partial charge is 0.249 e. The summed E-state index contributed by atoms with van der Waals surface area (Å²) in [5.74, 6) is -0.598. The van der Waals surface area contributed by atoms with Gasteiger partial charge in [0.05, 0.1) is 18.8 Å². The normalized spacial score (nSPS) is 14.7. The molecule has 0 saturated carbocycles. The first-order valence-electron chi connectivity index (χ1n) is 19.2. The van der Waals surface area contributed by atoms with E-state index in [-0.39, 0.29) is 0 Å². The summed E-state index contributed by atoms with van der Waals surface area (Å²) in [6, 6.07) is -1.00. The SMILES string of the molecule is CCC/C=C/CC/C=C/CCCC(O)C(O)C(CO)NC(=O)C(O)CCCCCCCCCCCCCCCCCCCCC. The first-order valence-corrected chi connectivity index (χ1v) is 19.2. The van der Waals surface area contributed by atoms with Gasteiger partial charge in [-0.05, 0) is 44.9 Å². The summed E-state index contributed by atoms with van der Waals surface area (Å²) >= 11 is 0. The topological polar surface area (TPSA) is 110 Å². The molecule has 5 N–H and O–H groups in total. The number of rotatable bonds is 34. The largest absolute Gasteiger partial charge is 0.394 e. The number of hydrogen-bond acceptors (Lipinski definition) is 5. The van der Waals surface area contributed by atoms with Crippen molar-refractivity contribution in [3.8, 4) is 0 Å². The van der Waals surface area contributed by atoms with Gasteiger partial charge in [-0.15, -0.1) is 0 Å². The molecule has 0 aromatic rings. The highest BCUT2D eigenvalue weighted by Crippen LogP contribution is 2.16. The lowest BCUT2D eigenvalue weighted by Crippen LogP contribution is -2.53. The quantitative estimate of drug-likeness (QED) is 0.0357. The second-order valence-electron chi connectivity index (χ2n) is 13.3. The van der Waals surface area contributed by atoms with Gasteiger partial charge < -0.3 is 25.7 Å². The van der Waals surface area contributed by atoms with E-state index in [1.54, 1.807) is 0 Å². The van der Waals surface area contributed by atoms with Gasteiger partial charge in [0.2, 0.25) is 5.91 Å². The van der Waals surface area contributed by atoms with E-state index in [0.717, 1.165) is 44.9 Å². The molecule has 0 heterocycles.